The standard InChI is InChI=1S/C13H9ClN2/c14-13-6-3-10-9-11(4-5-12(10)15-13)16-7-1-2-8-16/h1-9H. The highest BCUT2D eigenvalue weighted by Gasteiger charge is 1.99. The molecular formula is C13H9ClN2. The topological polar surface area (TPSA) is 17.8 Å². The summed E-state index contributed by atoms with van der Waals surface area (Å²) in [5, 5.41) is 1.62. The van der Waals surface area contributed by atoms with Crippen molar-refractivity contribution in [2.75, 3.05) is 0 Å². The number of halogens is 1. The summed E-state index contributed by atoms with van der Waals surface area (Å²) in [5.41, 5.74) is 2.05. The number of benzene rings is 1. The molecule has 0 saturated heterocycles. The molecule has 0 radical (unpaired) electrons. The van der Waals surface area contributed by atoms with Crippen LogP contribution in [0.15, 0.2) is 54.9 Å². The van der Waals surface area contributed by atoms with Crippen molar-refractivity contribution >= 4 is 22.5 Å². The molecule has 3 aromatic rings. The number of rotatable bonds is 1. The van der Waals surface area contributed by atoms with E-state index in [1.807, 2.05) is 48.8 Å². The molecule has 0 N–H and O–H groups in total. The lowest BCUT2D eigenvalue weighted by Crippen LogP contribution is -1.89. The second kappa shape index (κ2) is 3.65. The van der Waals surface area contributed by atoms with Gasteiger partial charge in [0.25, 0.3) is 0 Å². The smallest absolute Gasteiger partial charge is 0.129 e. The Kier molecular flexibility index (Phi) is 2.15. The normalized spacial score (nSPS) is 10.8. The van der Waals surface area contributed by atoms with Gasteiger partial charge in [0.05, 0.1) is 5.52 Å². The summed E-state index contributed by atoms with van der Waals surface area (Å²) in [6, 6.07) is 13.9. The summed E-state index contributed by atoms with van der Waals surface area (Å²) in [6.45, 7) is 0. The monoisotopic (exact) mass is 228 g/mol. The van der Waals surface area contributed by atoms with Crippen LogP contribution in [0.1, 0.15) is 0 Å². The van der Waals surface area contributed by atoms with E-state index < -0.39 is 0 Å². The highest BCUT2D eigenvalue weighted by atomic mass is 35.5. The molecule has 0 aliphatic rings. The molecule has 3 rings (SSSR count). The Morgan fingerprint density at radius 1 is 1.00 bits per heavy atom. The number of hydrogen-bond acceptors (Lipinski definition) is 1. The third-order valence-corrected chi connectivity index (χ3v) is 2.75. The molecule has 2 heterocycles. The van der Waals surface area contributed by atoms with Gasteiger partial charge in [-0.3, -0.25) is 0 Å². The molecule has 2 nitrogen and oxygen atoms in total. The predicted octanol–water partition coefficient (Wildman–Crippen LogP) is 3.68. The van der Waals surface area contributed by atoms with E-state index in [2.05, 4.69) is 15.6 Å². The van der Waals surface area contributed by atoms with E-state index in [-0.39, 0.29) is 0 Å². The molecule has 0 aliphatic heterocycles. The van der Waals surface area contributed by atoms with Crippen molar-refractivity contribution in [3.63, 3.8) is 0 Å². The van der Waals surface area contributed by atoms with E-state index >= 15 is 0 Å². The third kappa shape index (κ3) is 1.57. The molecule has 0 spiro atoms. The number of aromatic nitrogens is 2. The first-order valence-electron chi connectivity index (χ1n) is 5.02. The zero-order valence-electron chi connectivity index (χ0n) is 8.47. The third-order valence-electron chi connectivity index (χ3n) is 2.54. The van der Waals surface area contributed by atoms with Gasteiger partial charge < -0.3 is 4.57 Å². The average molecular weight is 229 g/mol. The fourth-order valence-electron chi connectivity index (χ4n) is 1.76. The second-order valence-corrected chi connectivity index (χ2v) is 3.99. The number of nitrogens with zero attached hydrogens (tertiary/aromatic N) is 2. The SMILES string of the molecule is Clc1ccc2cc(-n3cccc3)ccc2n1. The molecule has 0 fully saturated rings. The first-order valence-corrected chi connectivity index (χ1v) is 5.40. The predicted molar refractivity (Wildman–Crippen MR) is 66.1 cm³/mol. The summed E-state index contributed by atoms with van der Waals surface area (Å²) in [5.74, 6) is 0. The van der Waals surface area contributed by atoms with Crippen LogP contribution < -0.4 is 0 Å². The van der Waals surface area contributed by atoms with Gasteiger partial charge in [0.15, 0.2) is 0 Å². The summed E-state index contributed by atoms with van der Waals surface area (Å²) >= 11 is 5.84. The fraction of sp³-hybridized carbons (Fsp3) is 0. The van der Waals surface area contributed by atoms with Gasteiger partial charge in [0, 0.05) is 23.5 Å². The van der Waals surface area contributed by atoms with Gasteiger partial charge >= 0.3 is 0 Å². The van der Waals surface area contributed by atoms with Gasteiger partial charge in [-0.25, -0.2) is 4.98 Å². The molecule has 0 unspecified atom stereocenters. The molecule has 0 bridgehead atoms. The van der Waals surface area contributed by atoms with E-state index in [4.69, 9.17) is 11.6 Å². The van der Waals surface area contributed by atoms with E-state index in [0.717, 1.165) is 16.6 Å². The zero-order chi connectivity index (χ0) is 11.0. The highest BCUT2D eigenvalue weighted by Crippen LogP contribution is 2.19. The van der Waals surface area contributed by atoms with E-state index in [1.165, 1.54) is 0 Å². The van der Waals surface area contributed by atoms with Gasteiger partial charge in [0.1, 0.15) is 5.15 Å². The van der Waals surface area contributed by atoms with Crippen LogP contribution in [0.2, 0.25) is 5.15 Å². The van der Waals surface area contributed by atoms with Crippen LogP contribution in [0.5, 0.6) is 0 Å². The Morgan fingerprint density at radius 3 is 2.62 bits per heavy atom. The van der Waals surface area contributed by atoms with E-state index in [0.29, 0.717) is 5.15 Å². The largest absolute Gasteiger partial charge is 0.324 e. The fourth-order valence-corrected chi connectivity index (χ4v) is 1.91. The second-order valence-electron chi connectivity index (χ2n) is 3.60. The first-order chi connectivity index (χ1) is 7.83. The van der Waals surface area contributed by atoms with Gasteiger partial charge in [-0.05, 0) is 42.5 Å². The van der Waals surface area contributed by atoms with Crippen molar-refractivity contribution in [2.45, 2.75) is 0 Å². The summed E-state index contributed by atoms with van der Waals surface area (Å²) < 4.78 is 2.06. The van der Waals surface area contributed by atoms with Gasteiger partial charge in [-0.15, -0.1) is 0 Å². The van der Waals surface area contributed by atoms with Crippen LogP contribution in [0.3, 0.4) is 0 Å². The van der Waals surface area contributed by atoms with E-state index in [1.54, 1.807) is 0 Å². The molecule has 0 saturated carbocycles. The number of fused-ring (bicyclic) bond motifs is 1. The van der Waals surface area contributed by atoms with Crippen LogP contribution in [0.25, 0.3) is 16.6 Å². The maximum Gasteiger partial charge on any atom is 0.129 e. The lowest BCUT2D eigenvalue weighted by Gasteiger charge is -2.04. The molecule has 0 aliphatic carbocycles. The van der Waals surface area contributed by atoms with Gasteiger partial charge in [-0.2, -0.15) is 0 Å². The average Bonchev–Trinajstić information content (AvgIpc) is 2.82. The van der Waals surface area contributed by atoms with Crippen LogP contribution in [0, 0.1) is 0 Å². The zero-order valence-corrected chi connectivity index (χ0v) is 9.22. The Hall–Kier alpha value is -1.80. The Labute approximate surface area is 98.1 Å². The van der Waals surface area contributed by atoms with Crippen LogP contribution >= 0.6 is 11.6 Å². The van der Waals surface area contributed by atoms with Crippen molar-refractivity contribution in [1.29, 1.82) is 0 Å². The Balaban J connectivity index is 2.20. The van der Waals surface area contributed by atoms with Crippen molar-refractivity contribution in [3.05, 3.63) is 60.0 Å². The molecule has 78 valence electrons. The van der Waals surface area contributed by atoms with Crippen molar-refractivity contribution in [2.24, 2.45) is 0 Å². The lowest BCUT2D eigenvalue weighted by atomic mass is 10.2. The van der Waals surface area contributed by atoms with Crippen molar-refractivity contribution in [3.8, 4) is 5.69 Å². The van der Waals surface area contributed by atoms with Crippen molar-refractivity contribution in [1.82, 2.24) is 9.55 Å². The number of hydrogen-bond donors (Lipinski definition) is 0. The molecular weight excluding hydrogens is 220 g/mol. The first kappa shape index (κ1) is 9.43. The minimum atomic E-state index is 0.529. The van der Waals surface area contributed by atoms with Gasteiger partial charge in [-0.1, -0.05) is 11.6 Å². The van der Waals surface area contributed by atoms with Crippen LogP contribution in [-0.4, -0.2) is 9.55 Å². The van der Waals surface area contributed by atoms with Gasteiger partial charge in [0.2, 0.25) is 0 Å². The quantitative estimate of drug-likeness (QED) is 0.581. The summed E-state index contributed by atoms with van der Waals surface area (Å²) in [7, 11) is 0. The van der Waals surface area contributed by atoms with Crippen molar-refractivity contribution < 1.29 is 0 Å². The highest BCUT2D eigenvalue weighted by molar-refractivity contribution is 6.29. The summed E-state index contributed by atoms with van der Waals surface area (Å²) in [6.07, 6.45) is 4.04. The maximum absolute atomic E-state index is 5.84. The van der Waals surface area contributed by atoms with E-state index in [9.17, 15) is 0 Å². The Bertz CT molecular complexity index is 629. The maximum atomic E-state index is 5.84. The molecule has 16 heavy (non-hydrogen) atoms. The molecule has 3 heteroatoms. The molecule has 2 aromatic heterocycles. The minimum absolute atomic E-state index is 0.529. The summed E-state index contributed by atoms with van der Waals surface area (Å²) in [4.78, 5) is 4.25. The molecule has 0 amide bonds. The van der Waals surface area contributed by atoms with Crippen LogP contribution in [-0.2, 0) is 0 Å². The number of pyridine rings is 1. The molecule has 1 aromatic carbocycles. The molecule has 0 atom stereocenters. The minimum Gasteiger partial charge on any atom is -0.324 e. The lowest BCUT2D eigenvalue weighted by molar-refractivity contribution is 1.08. The Morgan fingerprint density at radius 2 is 1.81 bits per heavy atom. The van der Waals surface area contributed by atoms with Crippen LogP contribution in [0.4, 0.5) is 0 Å².